The molecule has 0 spiro atoms. The molecule has 2 N–H and O–H groups in total. The Bertz CT molecular complexity index is 1890. The molecule has 7 rings (SSSR count). The van der Waals surface area contributed by atoms with Crippen molar-refractivity contribution in [2.45, 2.75) is 85.2 Å². The van der Waals surface area contributed by atoms with Crippen molar-refractivity contribution in [3.8, 4) is 0 Å². The van der Waals surface area contributed by atoms with Crippen LogP contribution in [0.1, 0.15) is 72.7 Å². The first-order valence-corrected chi connectivity index (χ1v) is 19.7. The third-order valence-electron chi connectivity index (χ3n) is 11.0. The van der Waals surface area contributed by atoms with E-state index in [1.54, 1.807) is 17.8 Å². The van der Waals surface area contributed by atoms with Crippen LogP contribution in [0.4, 0.5) is 0 Å². The van der Waals surface area contributed by atoms with Gasteiger partial charge in [-0.05, 0) is 118 Å². The number of fused-ring (bicyclic) bond motifs is 3. The fourth-order valence-corrected chi connectivity index (χ4v) is 10.1. The monoisotopic (exact) mass is 691 g/mol. The number of amides is 1. The Hall–Kier alpha value is -2.89. The zero-order valence-corrected chi connectivity index (χ0v) is 29.3. The van der Waals surface area contributed by atoms with E-state index in [1.807, 2.05) is 4.90 Å². The molecule has 248 valence electrons. The summed E-state index contributed by atoms with van der Waals surface area (Å²) in [5.74, 6) is 0.915. The SMILES string of the molecule is CSc1ccc(C2(CCN3[C@@H]4CC[C@H]3C[C@@H](n3c(C)nc5ccccc53)C4)CCN(C(=O)c3ccc(Cl)c(S(N)(=O)=O)c3)CC2)cc1. The molecule has 1 aromatic heterocycles. The summed E-state index contributed by atoms with van der Waals surface area (Å²) < 4.78 is 26.6. The van der Waals surface area contributed by atoms with Crippen molar-refractivity contribution in [3.63, 3.8) is 0 Å². The van der Waals surface area contributed by atoms with Gasteiger partial charge >= 0.3 is 0 Å². The number of rotatable bonds is 8. The van der Waals surface area contributed by atoms with Crippen molar-refractivity contribution in [2.24, 2.45) is 5.14 Å². The van der Waals surface area contributed by atoms with Crippen molar-refractivity contribution in [3.05, 3.63) is 88.7 Å². The predicted octanol–water partition coefficient (Wildman–Crippen LogP) is 6.80. The van der Waals surface area contributed by atoms with Gasteiger partial charge in [0.15, 0.2) is 0 Å². The molecule has 4 heterocycles. The van der Waals surface area contributed by atoms with Crippen molar-refractivity contribution < 1.29 is 13.2 Å². The number of sulfonamides is 1. The van der Waals surface area contributed by atoms with Gasteiger partial charge in [0.1, 0.15) is 10.7 Å². The Labute approximate surface area is 286 Å². The molecule has 0 unspecified atom stereocenters. The number of imidazole rings is 1. The van der Waals surface area contributed by atoms with Gasteiger partial charge in [0, 0.05) is 41.7 Å². The number of thioether (sulfide) groups is 1. The van der Waals surface area contributed by atoms with Crippen LogP contribution >= 0.6 is 23.4 Å². The molecule has 3 fully saturated rings. The van der Waals surface area contributed by atoms with Crippen LogP contribution in [-0.2, 0) is 15.4 Å². The van der Waals surface area contributed by atoms with Gasteiger partial charge in [-0.15, -0.1) is 11.8 Å². The van der Waals surface area contributed by atoms with Crippen LogP contribution in [0, 0.1) is 6.92 Å². The van der Waals surface area contributed by atoms with Crippen LogP contribution in [-0.4, -0.2) is 71.6 Å². The number of benzene rings is 3. The zero-order valence-electron chi connectivity index (χ0n) is 26.9. The lowest BCUT2D eigenvalue weighted by Gasteiger charge is -2.45. The molecule has 3 aliphatic heterocycles. The summed E-state index contributed by atoms with van der Waals surface area (Å²) in [7, 11) is -4.04. The molecule has 3 aromatic carbocycles. The van der Waals surface area contributed by atoms with E-state index in [0.717, 1.165) is 50.0 Å². The molecule has 1 amide bonds. The fourth-order valence-electron chi connectivity index (χ4n) is 8.59. The van der Waals surface area contributed by atoms with Crippen molar-refractivity contribution in [1.82, 2.24) is 19.4 Å². The van der Waals surface area contributed by atoms with Crippen LogP contribution < -0.4 is 5.14 Å². The number of para-hydroxylation sites is 2. The number of primary sulfonamides is 1. The number of hydrogen-bond acceptors (Lipinski definition) is 6. The van der Waals surface area contributed by atoms with E-state index < -0.39 is 10.0 Å². The lowest BCUT2D eigenvalue weighted by Crippen LogP contribution is -2.49. The minimum absolute atomic E-state index is 0.0157. The lowest BCUT2D eigenvalue weighted by molar-refractivity contribution is 0.0606. The Kier molecular flexibility index (Phi) is 8.93. The Morgan fingerprint density at radius 2 is 1.68 bits per heavy atom. The highest BCUT2D eigenvalue weighted by Crippen LogP contribution is 2.45. The van der Waals surface area contributed by atoms with Crippen molar-refractivity contribution in [2.75, 3.05) is 25.9 Å². The van der Waals surface area contributed by atoms with Crippen LogP contribution in [0.25, 0.3) is 11.0 Å². The average Bonchev–Trinajstić information content (AvgIpc) is 3.53. The zero-order chi connectivity index (χ0) is 32.9. The minimum Gasteiger partial charge on any atom is -0.339 e. The number of aromatic nitrogens is 2. The van der Waals surface area contributed by atoms with Crippen LogP contribution in [0.3, 0.4) is 0 Å². The van der Waals surface area contributed by atoms with Crippen LogP contribution in [0.2, 0.25) is 5.02 Å². The molecule has 0 aliphatic carbocycles. The lowest BCUT2D eigenvalue weighted by atomic mass is 9.70. The smallest absolute Gasteiger partial charge is 0.253 e. The first-order chi connectivity index (χ1) is 22.6. The third-order valence-corrected chi connectivity index (χ3v) is 13.2. The summed E-state index contributed by atoms with van der Waals surface area (Å²) in [5, 5.41) is 5.37. The molecule has 0 radical (unpaired) electrons. The second-order valence-electron chi connectivity index (χ2n) is 13.5. The van der Waals surface area contributed by atoms with Gasteiger partial charge in [0.2, 0.25) is 10.0 Å². The van der Waals surface area contributed by atoms with E-state index in [1.165, 1.54) is 41.0 Å². The maximum absolute atomic E-state index is 13.6. The Balaban J connectivity index is 1.08. The predicted molar refractivity (Wildman–Crippen MR) is 189 cm³/mol. The molecule has 11 heteroatoms. The van der Waals surface area contributed by atoms with Gasteiger partial charge in [-0.3, -0.25) is 9.69 Å². The summed E-state index contributed by atoms with van der Waals surface area (Å²) >= 11 is 7.84. The molecule has 4 aromatic rings. The molecule has 8 nitrogen and oxygen atoms in total. The van der Waals surface area contributed by atoms with Crippen molar-refractivity contribution >= 4 is 50.3 Å². The molecule has 47 heavy (non-hydrogen) atoms. The number of likely N-dealkylation sites (tertiary alicyclic amines) is 1. The van der Waals surface area contributed by atoms with Gasteiger partial charge in [-0.1, -0.05) is 35.9 Å². The van der Waals surface area contributed by atoms with Gasteiger partial charge < -0.3 is 9.47 Å². The fraction of sp³-hybridized carbons (Fsp3) is 0.444. The maximum Gasteiger partial charge on any atom is 0.253 e. The summed E-state index contributed by atoms with van der Waals surface area (Å²) in [4.78, 5) is 24.1. The molecule has 3 atom stereocenters. The standard InChI is InChI=1S/C36H42ClN5O3S2/c1-24-39-32-5-3-4-6-33(32)42(24)29-22-27-10-11-28(23-29)41(27)20-17-36(26-8-12-30(46-2)13-9-26)15-18-40(19-16-36)35(43)25-7-14-31(37)34(21-25)47(38,44)45/h3-9,12-14,21,27-29H,10-11,15-20,22-23H2,1-2H3,(H2,38,44,45)/t27-,28+,29+. The van der Waals surface area contributed by atoms with E-state index in [4.69, 9.17) is 21.7 Å². The number of hydrogen-bond donors (Lipinski definition) is 1. The number of carbonyl (C=O) groups excluding carboxylic acids is 1. The largest absolute Gasteiger partial charge is 0.339 e. The molecular weight excluding hydrogens is 650 g/mol. The van der Waals surface area contributed by atoms with Crippen molar-refractivity contribution in [1.29, 1.82) is 0 Å². The first-order valence-electron chi connectivity index (χ1n) is 16.5. The number of nitrogens with zero attached hydrogens (tertiary/aromatic N) is 4. The number of nitrogens with two attached hydrogens (primary N) is 1. The average molecular weight is 692 g/mol. The van der Waals surface area contributed by atoms with E-state index in [0.29, 0.717) is 31.2 Å². The summed E-state index contributed by atoms with van der Waals surface area (Å²) in [6.45, 7) is 4.37. The molecule has 2 bridgehead atoms. The highest BCUT2D eigenvalue weighted by molar-refractivity contribution is 7.98. The number of halogens is 1. The normalized spacial score (nSPS) is 23.0. The van der Waals surface area contributed by atoms with E-state index in [-0.39, 0.29) is 26.8 Å². The van der Waals surface area contributed by atoms with Gasteiger partial charge in [-0.25, -0.2) is 18.5 Å². The van der Waals surface area contributed by atoms with E-state index in [9.17, 15) is 13.2 Å². The Morgan fingerprint density at radius 1 is 1.00 bits per heavy atom. The quantitative estimate of drug-likeness (QED) is 0.204. The van der Waals surface area contributed by atoms with Gasteiger partial charge in [0.25, 0.3) is 5.91 Å². The van der Waals surface area contributed by atoms with Gasteiger partial charge in [0.05, 0.1) is 16.1 Å². The third kappa shape index (κ3) is 6.23. The highest BCUT2D eigenvalue weighted by atomic mass is 35.5. The van der Waals surface area contributed by atoms with Crippen LogP contribution in [0.5, 0.6) is 0 Å². The number of aryl methyl sites for hydroxylation is 1. The second-order valence-corrected chi connectivity index (χ2v) is 16.3. The summed E-state index contributed by atoms with van der Waals surface area (Å²) in [5.41, 5.74) is 3.91. The minimum atomic E-state index is -4.04. The molecule has 3 aliphatic rings. The first kappa shape index (κ1) is 32.6. The van der Waals surface area contributed by atoms with E-state index in [2.05, 4.69) is 71.2 Å². The summed E-state index contributed by atoms with van der Waals surface area (Å²) in [6.07, 6.45) is 9.61. The maximum atomic E-state index is 13.6. The summed E-state index contributed by atoms with van der Waals surface area (Å²) in [6, 6.07) is 23.4. The number of carbonyl (C=O) groups is 1. The molecular formula is C36H42ClN5O3S2. The van der Waals surface area contributed by atoms with E-state index >= 15 is 0 Å². The molecule has 3 saturated heterocycles. The Morgan fingerprint density at radius 3 is 2.34 bits per heavy atom. The van der Waals surface area contributed by atoms with Gasteiger partial charge in [-0.2, -0.15) is 0 Å². The second kappa shape index (κ2) is 12.9. The highest BCUT2D eigenvalue weighted by Gasteiger charge is 2.44. The van der Waals surface area contributed by atoms with Crippen LogP contribution in [0.15, 0.2) is 76.5 Å². The number of piperidine rings is 2. The molecule has 0 saturated carbocycles. The topological polar surface area (TPSA) is 102 Å².